The quantitative estimate of drug-likeness (QED) is 0.663. The van der Waals surface area contributed by atoms with Crippen molar-refractivity contribution in [2.75, 3.05) is 13.2 Å². The van der Waals surface area contributed by atoms with Crippen LogP contribution in [0.15, 0.2) is 0 Å². The highest BCUT2D eigenvalue weighted by Crippen LogP contribution is 2.54. The molecule has 2 aliphatic carbocycles. The largest absolute Gasteiger partial charge is 0.396 e. The Morgan fingerprint density at radius 1 is 0.800 bits per heavy atom. The highest BCUT2D eigenvalue weighted by Gasteiger charge is 2.44. The van der Waals surface area contributed by atoms with Gasteiger partial charge >= 0.3 is 0 Å². The zero-order chi connectivity index (χ0) is 10.7. The van der Waals surface area contributed by atoms with Crippen LogP contribution in [0, 0.1) is 23.7 Å². The molecule has 0 aromatic rings. The van der Waals surface area contributed by atoms with Gasteiger partial charge in [-0.15, -0.1) is 0 Å². The van der Waals surface area contributed by atoms with E-state index in [-0.39, 0.29) is 0 Å². The van der Waals surface area contributed by atoms with Crippen molar-refractivity contribution in [1.82, 2.24) is 0 Å². The Balaban J connectivity index is 1.77. The van der Waals surface area contributed by atoms with Crippen LogP contribution in [0.5, 0.6) is 0 Å². The molecular formula is C13H24O2. The zero-order valence-electron chi connectivity index (χ0n) is 9.57. The molecule has 2 nitrogen and oxygen atoms in total. The number of aliphatic hydroxyl groups excluding tert-OH is 2. The summed E-state index contributed by atoms with van der Waals surface area (Å²) in [6.07, 6.45) is 8.73. The summed E-state index contributed by atoms with van der Waals surface area (Å²) < 4.78 is 0. The average molecular weight is 212 g/mol. The highest BCUT2D eigenvalue weighted by atomic mass is 16.3. The van der Waals surface area contributed by atoms with E-state index in [1.807, 2.05) is 0 Å². The molecule has 2 heteroatoms. The molecule has 88 valence electrons. The predicted octanol–water partition coefficient (Wildman–Crippen LogP) is 2.19. The molecule has 4 atom stereocenters. The molecule has 0 aliphatic heterocycles. The Hall–Kier alpha value is -0.0800. The lowest BCUT2D eigenvalue weighted by Crippen LogP contribution is -2.21. The van der Waals surface area contributed by atoms with Gasteiger partial charge in [0.1, 0.15) is 0 Å². The molecule has 0 heterocycles. The summed E-state index contributed by atoms with van der Waals surface area (Å²) in [4.78, 5) is 0. The third-order valence-electron chi connectivity index (χ3n) is 4.57. The van der Waals surface area contributed by atoms with Crippen molar-refractivity contribution in [1.29, 1.82) is 0 Å². The van der Waals surface area contributed by atoms with Crippen molar-refractivity contribution < 1.29 is 10.2 Å². The van der Waals surface area contributed by atoms with E-state index in [9.17, 15) is 0 Å². The summed E-state index contributed by atoms with van der Waals surface area (Å²) in [6, 6.07) is 0. The summed E-state index contributed by atoms with van der Waals surface area (Å²) in [5, 5.41) is 17.8. The smallest absolute Gasteiger partial charge is 0.0433 e. The monoisotopic (exact) mass is 212 g/mol. The summed E-state index contributed by atoms with van der Waals surface area (Å²) in [6.45, 7) is 0.720. The molecule has 0 spiro atoms. The van der Waals surface area contributed by atoms with Crippen LogP contribution < -0.4 is 0 Å². The second-order valence-electron chi connectivity index (χ2n) is 5.49. The maximum atomic E-state index is 9.02. The first kappa shape index (κ1) is 11.4. The molecule has 2 N–H and O–H groups in total. The second-order valence-corrected chi connectivity index (χ2v) is 5.49. The topological polar surface area (TPSA) is 40.5 Å². The first-order chi connectivity index (χ1) is 7.35. The molecule has 0 saturated heterocycles. The number of aliphatic hydroxyl groups is 2. The fourth-order valence-corrected chi connectivity index (χ4v) is 4.00. The van der Waals surface area contributed by atoms with Gasteiger partial charge in [-0.25, -0.2) is 0 Å². The van der Waals surface area contributed by atoms with Gasteiger partial charge in [0.25, 0.3) is 0 Å². The van der Waals surface area contributed by atoms with Gasteiger partial charge in [-0.3, -0.25) is 0 Å². The average Bonchev–Trinajstić information content (AvgIpc) is 2.78. The SMILES string of the molecule is OCCCCC1CC2CC(CCO)C1C2. The summed E-state index contributed by atoms with van der Waals surface area (Å²) in [5.41, 5.74) is 0. The van der Waals surface area contributed by atoms with Gasteiger partial charge in [-0.05, 0) is 55.8 Å². The number of unbranched alkanes of at least 4 members (excludes halogenated alkanes) is 1. The maximum Gasteiger partial charge on any atom is 0.0433 e. The van der Waals surface area contributed by atoms with Crippen LogP contribution in [0.2, 0.25) is 0 Å². The molecule has 2 bridgehead atoms. The summed E-state index contributed by atoms with van der Waals surface area (Å²) in [5.74, 6) is 3.59. The van der Waals surface area contributed by atoms with Crippen LogP contribution >= 0.6 is 0 Å². The van der Waals surface area contributed by atoms with E-state index < -0.39 is 0 Å². The van der Waals surface area contributed by atoms with Crippen LogP contribution in [0.3, 0.4) is 0 Å². The summed E-state index contributed by atoms with van der Waals surface area (Å²) >= 11 is 0. The minimum absolute atomic E-state index is 0.348. The molecular weight excluding hydrogens is 188 g/mol. The van der Waals surface area contributed by atoms with E-state index >= 15 is 0 Å². The molecule has 0 amide bonds. The van der Waals surface area contributed by atoms with Gasteiger partial charge in [0, 0.05) is 13.2 Å². The molecule has 2 fully saturated rings. The number of rotatable bonds is 6. The van der Waals surface area contributed by atoms with Gasteiger partial charge in [-0.1, -0.05) is 12.8 Å². The van der Waals surface area contributed by atoms with E-state index in [1.165, 1.54) is 32.1 Å². The minimum Gasteiger partial charge on any atom is -0.396 e. The van der Waals surface area contributed by atoms with Crippen molar-refractivity contribution in [3.8, 4) is 0 Å². The standard InChI is InChI=1S/C13H24O2/c14-5-2-1-3-11-7-10-8-12(4-6-15)13(11)9-10/h10-15H,1-9H2. The second kappa shape index (κ2) is 5.31. The first-order valence-corrected chi connectivity index (χ1v) is 6.57. The Morgan fingerprint density at radius 2 is 1.53 bits per heavy atom. The molecule has 4 unspecified atom stereocenters. The van der Waals surface area contributed by atoms with Crippen LogP contribution in [-0.4, -0.2) is 23.4 Å². The van der Waals surface area contributed by atoms with E-state index in [4.69, 9.17) is 10.2 Å². The van der Waals surface area contributed by atoms with E-state index in [0.29, 0.717) is 13.2 Å². The number of fused-ring (bicyclic) bond motifs is 2. The first-order valence-electron chi connectivity index (χ1n) is 6.57. The molecule has 0 aromatic carbocycles. The fraction of sp³-hybridized carbons (Fsp3) is 1.00. The van der Waals surface area contributed by atoms with Gasteiger partial charge < -0.3 is 10.2 Å². The number of hydrogen-bond acceptors (Lipinski definition) is 2. The van der Waals surface area contributed by atoms with Crippen molar-refractivity contribution in [2.45, 2.75) is 44.9 Å². The normalized spacial score (nSPS) is 38.8. The lowest BCUT2D eigenvalue weighted by molar-refractivity contribution is 0.171. The maximum absolute atomic E-state index is 9.02. The molecule has 2 saturated carbocycles. The lowest BCUT2D eigenvalue weighted by atomic mass is 9.77. The van der Waals surface area contributed by atoms with Gasteiger partial charge in [0.05, 0.1) is 0 Å². The van der Waals surface area contributed by atoms with Gasteiger partial charge in [0.2, 0.25) is 0 Å². The number of hydrogen-bond donors (Lipinski definition) is 2. The molecule has 15 heavy (non-hydrogen) atoms. The third kappa shape index (κ3) is 2.54. The van der Waals surface area contributed by atoms with Crippen LogP contribution in [0.25, 0.3) is 0 Å². The van der Waals surface area contributed by atoms with Crippen molar-refractivity contribution >= 4 is 0 Å². The molecule has 0 radical (unpaired) electrons. The van der Waals surface area contributed by atoms with E-state index in [0.717, 1.165) is 36.5 Å². The zero-order valence-corrected chi connectivity index (χ0v) is 9.57. The Labute approximate surface area is 92.7 Å². The van der Waals surface area contributed by atoms with Crippen molar-refractivity contribution in [3.05, 3.63) is 0 Å². The highest BCUT2D eigenvalue weighted by molar-refractivity contribution is 4.94. The van der Waals surface area contributed by atoms with Crippen LogP contribution in [0.1, 0.15) is 44.9 Å². The van der Waals surface area contributed by atoms with E-state index in [1.54, 1.807) is 0 Å². The van der Waals surface area contributed by atoms with Crippen molar-refractivity contribution in [3.63, 3.8) is 0 Å². The fourth-order valence-electron chi connectivity index (χ4n) is 4.00. The minimum atomic E-state index is 0.348. The molecule has 2 aliphatic rings. The lowest BCUT2D eigenvalue weighted by Gasteiger charge is -2.29. The Bertz CT molecular complexity index is 193. The molecule has 0 aromatic heterocycles. The van der Waals surface area contributed by atoms with Gasteiger partial charge in [0.15, 0.2) is 0 Å². The summed E-state index contributed by atoms with van der Waals surface area (Å²) in [7, 11) is 0. The molecule has 2 rings (SSSR count). The third-order valence-corrected chi connectivity index (χ3v) is 4.57. The predicted molar refractivity (Wildman–Crippen MR) is 60.5 cm³/mol. The Morgan fingerprint density at radius 3 is 2.13 bits per heavy atom. The van der Waals surface area contributed by atoms with Gasteiger partial charge in [-0.2, -0.15) is 0 Å². The Kier molecular flexibility index (Phi) is 4.04. The van der Waals surface area contributed by atoms with Crippen LogP contribution in [-0.2, 0) is 0 Å². The van der Waals surface area contributed by atoms with Crippen LogP contribution in [0.4, 0.5) is 0 Å². The van der Waals surface area contributed by atoms with Crippen molar-refractivity contribution in [2.24, 2.45) is 23.7 Å². The van der Waals surface area contributed by atoms with E-state index in [2.05, 4.69) is 0 Å².